The summed E-state index contributed by atoms with van der Waals surface area (Å²) in [6.45, 7) is 5.11. The maximum atomic E-state index is 12.2. The van der Waals surface area contributed by atoms with E-state index < -0.39 is 17.9 Å². The van der Waals surface area contributed by atoms with Crippen LogP contribution in [0.4, 0.5) is 5.69 Å². The topological polar surface area (TPSA) is 95.5 Å². The Kier molecular flexibility index (Phi) is 5.90. The minimum Gasteiger partial charge on any atom is -0.480 e. The Morgan fingerprint density at radius 1 is 1.19 bits per heavy atom. The van der Waals surface area contributed by atoms with Crippen molar-refractivity contribution in [1.29, 1.82) is 0 Å². The second kappa shape index (κ2) is 7.42. The summed E-state index contributed by atoms with van der Waals surface area (Å²) in [6, 6.07) is 5.51. The van der Waals surface area contributed by atoms with Gasteiger partial charge in [0.05, 0.1) is 11.3 Å². The van der Waals surface area contributed by atoms with Crippen molar-refractivity contribution in [3.63, 3.8) is 0 Å². The summed E-state index contributed by atoms with van der Waals surface area (Å²) in [5.41, 5.74) is 0.596. The van der Waals surface area contributed by atoms with Crippen molar-refractivity contribution in [2.75, 3.05) is 5.32 Å². The lowest BCUT2D eigenvalue weighted by atomic mass is 10.0. The van der Waals surface area contributed by atoms with Crippen LogP contribution in [0.1, 0.15) is 37.6 Å². The van der Waals surface area contributed by atoms with Crippen molar-refractivity contribution in [2.24, 2.45) is 5.92 Å². The van der Waals surface area contributed by atoms with Gasteiger partial charge in [0.15, 0.2) is 0 Å². The number of hydrogen-bond acceptors (Lipinski definition) is 3. The maximum absolute atomic E-state index is 12.2. The average molecular weight is 292 g/mol. The van der Waals surface area contributed by atoms with Crippen LogP contribution in [0.25, 0.3) is 0 Å². The fourth-order valence-corrected chi connectivity index (χ4v) is 1.91. The van der Waals surface area contributed by atoms with Crippen LogP contribution >= 0.6 is 0 Å². The highest BCUT2D eigenvalue weighted by atomic mass is 16.4. The molecule has 0 saturated heterocycles. The van der Waals surface area contributed by atoms with Gasteiger partial charge in [0.2, 0.25) is 5.91 Å². The molecule has 0 aromatic heterocycles. The van der Waals surface area contributed by atoms with Crippen molar-refractivity contribution in [2.45, 2.75) is 33.2 Å². The Hall–Kier alpha value is -2.37. The molecule has 21 heavy (non-hydrogen) atoms. The Bertz CT molecular complexity index is 540. The lowest BCUT2D eigenvalue weighted by molar-refractivity contribution is -0.139. The summed E-state index contributed by atoms with van der Waals surface area (Å²) in [7, 11) is 0. The van der Waals surface area contributed by atoms with Crippen molar-refractivity contribution in [3.8, 4) is 0 Å². The molecule has 0 aliphatic heterocycles. The highest BCUT2D eigenvalue weighted by molar-refractivity contribution is 6.04. The zero-order valence-electron chi connectivity index (χ0n) is 12.3. The number of para-hydroxylation sites is 1. The van der Waals surface area contributed by atoms with E-state index in [0.29, 0.717) is 12.1 Å². The van der Waals surface area contributed by atoms with Gasteiger partial charge in [-0.25, -0.2) is 4.79 Å². The molecule has 0 bridgehead atoms. The van der Waals surface area contributed by atoms with Crippen molar-refractivity contribution in [1.82, 2.24) is 5.32 Å². The van der Waals surface area contributed by atoms with E-state index in [1.165, 1.54) is 13.0 Å². The van der Waals surface area contributed by atoms with Crippen molar-refractivity contribution < 1.29 is 19.5 Å². The monoisotopic (exact) mass is 292 g/mol. The Balaban J connectivity index is 2.92. The zero-order valence-corrected chi connectivity index (χ0v) is 12.3. The van der Waals surface area contributed by atoms with Crippen molar-refractivity contribution in [3.05, 3.63) is 29.8 Å². The molecule has 2 amide bonds. The van der Waals surface area contributed by atoms with Gasteiger partial charge in [-0.15, -0.1) is 0 Å². The third-order valence-corrected chi connectivity index (χ3v) is 2.79. The molecule has 0 aliphatic rings. The van der Waals surface area contributed by atoms with Gasteiger partial charge >= 0.3 is 5.97 Å². The van der Waals surface area contributed by atoms with Gasteiger partial charge in [-0.05, 0) is 24.5 Å². The molecule has 0 aliphatic carbocycles. The van der Waals surface area contributed by atoms with E-state index in [4.69, 9.17) is 5.11 Å². The van der Waals surface area contributed by atoms with Crippen LogP contribution in [0, 0.1) is 5.92 Å². The standard InChI is InChI=1S/C15H20N2O4/c1-9(2)8-13(15(20)21)17-14(19)11-6-4-5-7-12(11)16-10(3)18/h4-7,9,13H,8H2,1-3H3,(H,16,18)(H,17,19)(H,20,21)/t13-/m0/s1. The number of benzene rings is 1. The van der Waals surface area contributed by atoms with Crippen LogP contribution in [0.5, 0.6) is 0 Å². The first kappa shape index (κ1) is 16.7. The predicted molar refractivity (Wildman–Crippen MR) is 79.1 cm³/mol. The molecule has 1 aromatic rings. The fourth-order valence-electron chi connectivity index (χ4n) is 1.91. The first-order chi connectivity index (χ1) is 9.81. The smallest absolute Gasteiger partial charge is 0.326 e. The first-order valence-electron chi connectivity index (χ1n) is 6.71. The third kappa shape index (κ3) is 5.25. The molecule has 6 nitrogen and oxygen atoms in total. The van der Waals surface area contributed by atoms with E-state index in [9.17, 15) is 14.4 Å². The molecule has 0 unspecified atom stereocenters. The number of carbonyl (C=O) groups excluding carboxylic acids is 2. The molecule has 0 saturated carbocycles. The Morgan fingerprint density at radius 2 is 1.81 bits per heavy atom. The number of carboxylic acids is 1. The molecular formula is C15H20N2O4. The summed E-state index contributed by atoms with van der Waals surface area (Å²) < 4.78 is 0. The van der Waals surface area contributed by atoms with Crippen LogP contribution in [0.2, 0.25) is 0 Å². The summed E-state index contributed by atoms with van der Waals surface area (Å²) >= 11 is 0. The number of aliphatic carboxylic acids is 1. The zero-order chi connectivity index (χ0) is 16.0. The summed E-state index contributed by atoms with van der Waals surface area (Å²) in [4.78, 5) is 34.5. The van der Waals surface area contributed by atoms with Gasteiger partial charge < -0.3 is 15.7 Å². The fraction of sp³-hybridized carbons (Fsp3) is 0.400. The molecule has 0 radical (unpaired) electrons. The number of carbonyl (C=O) groups is 3. The van der Waals surface area contributed by atoms with Gasteiger partial charge in [0.1, 0.15) is 6.04 Å². The van der Waals surface area contributed by atoms with Crippen molar-refractivity contribution >= 4 is 23.5 Å². The minimum absolute atomic E-state index is 0.136. The van der Waals surface area contributed by atoms with Crippen LogP contribution in [0.15, 0.2) is 24.3 Å². The summed E-state index contributed by atoms with van der Waals surface area (Å²) in [5, 5.41) is 14.2. The van der Waals surface area contributed by atoms with E-state index >= 15 is 0 Å². The number of carboxylic acid groups (broad SMARTS) is 1. The summed E-state index contributed by atoms with van der Waals surface area (Å²) in [5.74, 6) is -1.76. The minimum atomic E-state index is -1.07. The highest BCUT2D eigenvalue weighted by Crippen LogP contribution is 2.15. The molecular weight excluding hydrogens is 272 g/mol. The Labute approximate surface area is 123 Å². The van der Waals surface area contributed by atoms with E-state index in [0.717, 1.165) is 0 Å². The number of hydrogen-bond donors (Lipinski definition) is 3. The van der Waals surface area contributed by atoms with Gasteiger partial charge in [-0.1, -0.05) is 26.0 Å². The van der Waals surface area contributed by atoms with Gasteiger partial charge in [0.25, 0.3) is 5.91 Å². The quantitative estimate of drug-likeness (QED) is 0.746. The molecule has 1 rings (SSSR count). The van der Waals surface area contributed by atoms with Crippen LogP contribution in [-0.4, -0.2) is 28.9 Å². The predicted octanol–water partition coefficient (Wildman–Crippen LogP) is 1.87. The largest absolute Gasteiger partial charge is 0.480 e. The molecule has 0 fully saturated rings. The maximum Gasteiger partial charge on any atom is 0.326 e. The van der Waals surface area contributed by atoms with Gasteiger partial charge in [-0.3, -0.25) is 9.59 Å². The second-order valence-electron chi connectivity index (χ2n) is 5.22. The number of anilines is 1. The lowest BCUT2D eigenvalue weighted by Crippen LogP contribution is -2.41. The van der Waals surface area contributed by atoms with E-state index in [1.807, 2.05) is 13.8 Å². The van der Waals surface area contributed by atoms with E-state index in [-0.39, 0.29) is 17.4 Å². The number of rotatable bonds is 6. The second-order valence-corrected chi connectivity index (χ2v) is 5.22. The molecule has 0 spiro atoms. The molecule has 1 atom stereocenters. The first-order valence-corrected chi connectivity index (χ1v) is 6.71. The molecule has 0 heterocycles. The van der Waals surface area contributed by atoms with E-state index in [2.05, 4.69) is 10.6 Å². The number of nitrogens with one attached hydrogen (secondary N) is 2. The van der Waals surface area contributed by atoms with Crippen LogP contribution < -0.4 is 10.6 Å². The summed E-state index contributed by atoms with van der Waals surface area (Å²) in [6.07, 6.45) is 0.337. The van der Waals surface area contributed by atoms with Gasteiger partial charge in [-0.2, -0.15) is 0 Å². The lowest BCUT2D eigenvalue weighted by Gasteiger charge is -2.17. The molecule has 1 aromatic carbocycles. The Morgan fingerprint density at radius 3 is 2.33 bits per heavy atom. The normalized spacial score (nSPS) is 11.8. The van der Waals surface area contributed by atoms with Crippen LogP contribution in [-0.2, 0) is 9.59 Å². The van der Waals surface area contributed by atoms with Crippen LogP contribution in [0.3, 0.4) is 0 Å². The van der Waals surface area contributed by atoms with Gasteiger partial charge in [0, 0.05) is 6.92 Å². The molecule has 6 heteroatoms. The molecule has 3 N–H and O–H groups in total. The average Bonchev–Trinajstić information content (AvgIpc) is 2.37. The highest BCUT2D eigenvalue weighted by Gasteiger charge is 2.22. The van der Waals surface area contributed by atoms with E-state index in [1.54, 1.807) is 18.2 Å². The molecule has 114 valence electrons. The number of amides is 2. The SMILES string of the molecule is CC(=O)Nc1ccccc1C(=O)N[C@@H](CC(C)C)C(=O)O. The third-order valence-electron chi connectivity index (χ3n) is 2.79.